The zero-order valence-corrected chi connectivity index (χ0v) is 30.5. The van der Waals surface area contributed by atoms with E-state index in [2.05, 4.69) is 20.3 Å². The lowest BCUT2D eigenvalue weighted by molar-refractivity contribution is 0.0223. The SMILES string of the molecule is Cc1ccc(S(=O)(=O)n2cc(-c3cc(N[C@@H](C)c4ccccc4)ncn3)c3c(Oc4ccc5c(c4)CN(C(=O)OC(C)(C)C)CC5)ccnc32)cc1. The molecule has 0 fully saturated rings. The van der Waals surface area contributed by atoms with Crippen molar-refractivity contribution in [2.24, 2.45) is 0 Å². The second kappa shape index (κ2) is 13.8. The maximum absolute atomic E-state index is 14.2. The standard InChI is InChI=1S/C40H40N6O5S/c1-26-11-15-32(16-12-26)52(48,49)46-24-33(34-22-36(43-25-42-34)44-27(2)28-9-7-6-8-10-28)37-35(17-19-41-38(37)46)50-31-14-13-29-18-20-45(23-30(29)21-31)39(47)51-40(3,4)5/h6-17,19,21-22,24-25,27H,18,20,23H2,1-5H3,(H,42,43,44)/t27-/m0/s1. The molecule has 0 radical (unpaired) electrons. The minimum absolute atomic E-state index is 0.0528. The van der Waals surface area contributed by atoms with Gasteiger partial charge in [-0.2, -0.15) is 0 Å². The van der Waals surface area contributed by atoms with Gasteiger partial charge in [0.2, 0.25) is 0 Å². The monoisotopic (exact) mass is 716 g/mol. The summed E-state index contributed by atoms with van der Waals surface area (Å²) >= 11 is 0. The topological polar surface area (TPSA) is 129 Å². The molecule has 3 aromatic heterocycles. The Hall–Kier alpha value is -5.75. The van der Waals surface area contributed by atoms with Crippen molar-refractivity contribution in [1.82, 2.24) is 23.8 Å². The van der Waals surface area contributed by atoms with E-state index in [9.17, 15) is 13.2 Å². The van der Waals surface area contributed by atoms with Gasteiger partial charge in [0, 0.05) is 43.2 Å². The van der Waals surface area contributed by atoms with Crippen LogP contribution in [0, 0.1) is 6.92 Å². The maximum atomic E-state index is 14.2. The molecule has 0 unspecified atom stereocenters. The average Bonchev–Trinajstić information content (AvgIpc) is 3.53. The van der Waals surface area contributed by atoms with Crippen LogP contribution >= 0.6 is 0 Å². The van der Waals surface area contributed by atoms with E-state index in [0.717, 1.165) is 22.3 Å². The first-order valence-corrected chi connectivity index (χ1v) is 18.5. The molecule has 1 aliphatic rings. The molecule has 266 valence electrons. The molecule has 4 heterocycles. The summed E-state index contributed by atoms with van der Waals surface area (Å²) in [4.78, 5) is 28.3. The summed E-state index contributed by atoms with van der Waals surface area (Å²) in [6.07, 6.45) is 4.84. The Bertz CT molecular complexity index is 2370. The molecule has 1 amide bonds. The van der Waals surface area contributed by atoms with Crippen LogP contribution in [0.1, 0.15) is 56.0 Å². The summed E-state index contributed by atoms with van der Waals surface area (Å²) in [5, 5.41) is 3.90. The van der Waals surface area contributed by atoms with Crippen LogP contribution in [0.25, 0.3) is 22.3 Å². The Morgan fingerprint density at radius 3 is 2.44 bits per heavy atom. The Morgan fingerprint density at radius 2 is 1.69 bits per heavy atom. The number of anilines is 1. The van der Waals surface area contributed by atoms with Gasteiger partial charge in [-0.15, -0.1) is 0 Å². The van der Waals surface area contributed by atoms with Gasteiger partial charge >= 0.3 is 6.09 Å². The first-order chi connectivity index (χ1) is 24.9. The zero-order valence-electron chi connectivity index (χ0n) is 29.7. The summed E-state index contributed by atoms with van der Waals surface area (Å²) in [7, 11) is -4.07. The molecule has 0 aliphatic carbocycles. The van der Waals surface area contributed by atoms with Gasteiger partial charge in [0.25, 0.3) is 10.0 Å². The van der Waals surface area contributed by atoms with Gasteiger partial charge in [-0.25, -0.2) is 32.1 Å². The average molecular weight is 717 g/mol. The smallest absolute Gasteiger partial charge is 0.410 e. The van der Waals surface area contributed by atoms with E-state index in [0.29, 0.717) is 53.5 Å². The first-order valence-electron chi connectivity index (χ1n) is 17.1. The lowest BCUT2D eigenvalue weighted by Gasteiger charge is -2.31. The van der Waals surface area contributed by atoms with Gasteiger partial charge in [0.05, 0.1) is 16.0 Å². The van der Waals surface area contributed by atoms with Crippen molar-refractivity contribution in [1.29, 1.82) is 0 Å². The van der Waals surface area contributed by atoms with Crippen LogP contribution in [-0.4, -0.2) is 50.5 Å². The summed E-state index contributed by atoms with van der Waals surface area (Å²) in [5.74, 6) is 1.49. The van der Waals surface area contributed by atoms with Crippen LogP contribution in [0.5, 0.6) is 11.5 Å². The largest absolute Gasteiger partial charge is 0.457 e. The van der Waals surface area contributed by atoms with Crippen LogP contribution in [0.2, 0.25) is 0 Å². The van der Waals surface area contributed by atoms with Crippen LogP contribution < -0.4 is 10.1 Å². The molecular weight excluding hydrogens is 677 g/mol. The van der Waals surface area contributed by atoms with Crippen LogP contribution in [0.4, 0.5) is 10.6 Å². The van der Waals surface area contributed by atoms with Gasteiger partial charge < -0.3 is 19.7 Å². The Kier molecular flexibility index (Phi) is 9.18. The van der Waals surface area contributed by atoms with E-state index in [1.165, 1.54) is 22.7 Å². The lowest BCUT2D eigenvalue weighted by Crippen LogP contribution is -2.39. The number of carbonyl (C=O) groups is 1. The number of benzene rings is 3. The van der Waals surface area contributed by atoms with Crippen molar-refractivity contribution in [2.45, 2.75) is 64.1 Å². The number of hydrogen-bond acceptors (Lipinski definition) is 9. The number of nitrogens with one attached hydrogen (secondary N) is 1. The number of aromatic nitrogens is 4. The van der Waals surface area contributed by atoms with Crippen molar-refractivity contribution >= 4 is 33.0 Å². The molecule has 0 saturated heterocycles. The summed E-state index contributed by atoms with van der Waals surface area (Å²) < 4.78 is 41.7. The fourth-order valence-corrected chi connectivity index (χ4v) is 7.54. The van der Waals surface area contributed by atoms with Crippen molar-refractivity contribution in [2.75, 3.05) is 11.9 Å². The van der Waals surface area contributed by atoms with Gasteiger partial charge in [0.15, 0.2) is 5.65 Å². The highest BCUT2D eigenvalue weighted by Gasteiger charge is 2.28. The van der Waals surface area contributed by atoms with Gasteiger partial charge in [-0.05, 0) is 88.1 Å². The third-order valence-corrected chi connectivity index (χ3v) is 10.5. The highest BCUT2D eigenvalue weighted by Crippen LogP contribution is 2.40. The number of ether oxygens (including phenoxy) is 2. The number of rotatable bonds is 8. The second-order valence-electron chi connectivity index (χ2n) is 13.9. The van der Waals surface area contributed by atoms with Crippen LogP contribution in [-0.2, 0) is 27.7 Å². The zero-order chi connectivity index (χ0) is 36.6. The highest BCUT2D eigenvalue weighted by molar-refractivity contribution is 7.90. The molecule has 52 heavy (non-hydrogen) atoms. The van der Waals surface area contributed by atoms with E-state index in [1.54, 1.807) is 41.3 Å². The number of fused-ring (bicyclic) bond motifs is 2. The van der Waals surface area contributed by atoms with E-state index in [-0.39, 0.29) is 22.7 Å². The second-order valence-corrected chi connectivity index (χ2v) is 15.7. The van der Waals surface area contributed by atoms with Crippen LogP contribution in [0.15, 0.2) is 109 Å². The Balaban J connectivity index is 1.29. The fraction of sp³-hybridized carbons (Fsp3) is 0.250. The fourth-order valence-electron chi connectivity index (χ4n) is 6.22. The van der Waals surface area contributed by atoms with Crippen molar-refractivity contribution in [3.05, 3.63) is 126 Å². The maximum Gasteiger partial charge on any atom is 0.410 e. The van der Waals surface area contributed by atoms with Gasteiger partial charge in [-0.1, -0.05) is 54.1 Å². The molecule has 1 N–H and O–H groups in total. The number of carbonyl (C=O) groups excluding carboxylic acids is 1. The number of nitrogens with zero attached hydrogens (tertiary/aromatic N) is 5. The van der Waals surface area contributed by atoms with Crippen molar-refractivity contribution in [3.8, 4) is 22.8 Å². The minimum atomic E-state index is -4.07. The molecule has 1 aliphatic heterocycles. The number of amides is 1. The number of pyridine rings is 1. The number of hydrogen-bond donors (Lipinski definition) is 1. The summed E-state index contributed by atoms with van der Waals surface area (Å²) in [5.41, 5.74) is 4.66. The molecule has 11 nitrogen and oxygen atoms in total. The third-order valence-electron chi connectivity index (χ3n) is 8.87. The normalized spacial score (nSPS) is 13.8. The number of aryl methyl sites for hydroxylation is 1. The molecule has 0 spiro atoms. The molecular formula is C40H40N6O5S. The molecule has 6 aromatic rings. The quantitative estimate of drug-likeness (QED) is 0.165. The van der Waals surface area contributed by atoms with Gasteiger partial charge in [-0.3, -0.25) is 0 Å². The van der Waals surface area contributed by atoms with E-state index < -0.39 is 15.6 Å². The Morgan fingerprint density at radius 1 is 0.923 bits per heavy atom. The highest BCUT2D eigenvalue weighted by atomic mass is 32.2. The molecule has 0 bridgehead atoms. The first kappa shape index (κ1) is 34.7. The Labute approximate surface area is 303 Å². The minimum Gasteiger partial charge on any atom is -0.457 e. The summed E-state index contributed by atoms with van der Waals surface area (Å²) in [6, 6.07) is 25.9. The molecule has 1 atom stereocenters. The van der Waals surface area contributed by atoms with Crippen molar-refractivity contribution < 1.29 is 22.7 Å². The lowest BCUT2D eigenvalue weighted by atomic mass is 10.00. The molecule has 3 aromatic carbocycles. The van der Waals surface area contributed by atoms with E-state index in [1.807, 2.05) is 83.1 Å². The molecule has 7 rings (SSSR count). The predicted octanol–water partition coefficient (Wildman–Crippen LogP) is 8.30. The van der Waals surface area contributed by atoms with E-state index >= 15 is 0 Å². The molecule has 12 heteroatoms. The van der Waals surface area contributed by atoms with Crippen LogP contribution in [0.3, 0.4) is 0 Å². The molecule has 0 saturated carbocycles. The third kappa shape index (κ3) is 7.20. The van der Waals surface area contributed by atoms with Crippen molar-refractivity contribution in [3.63, 3.8) is 0 Å². The van der Waals surface area contributed by atoms with E-state index in [4.69, 9.17) is 9.47 Å². The van der Waals surface area contributed by atoms with Gasteiger partial charge in [0.1, 0.15) is 29.2 Å². The predicted molar refractivity (Wildman–Crippen MR) is 200 cm³/mol. The summed E-state index contributed by atoms with van der Waals surface area (Å²) in [6.45, 7) is 10.4.